The van der Waals surface area contributed by atoms with Crippen molar-refractivity contribution in [2.75, 3.05) is 0 Å². The first-order valence-corrected chi connectivity index (χ1v) is 6.08. The fourth-order valence-corrected chi connectivity index (χ4v) is 2.35. The highest BCUT2D eigenvalue weighted by Gasteiger charge is 2.09. The van der Waals surface area contributed by atoms with Crippen molar-refractivity contribution in [3.05, 3.63) is 21.9 Å². The van der Waals surface area contributed by atoms with E-state index in [0.717, 1.165) is 0 Å². The van der Waals surface area contributed by atoms with Crippen molar-refractivity contribution in [1.29, 1.82) is 0 Å². The highest BCUT2D eigenvalue weighted by Crippen LogP contribution is 2.30. The Bertz CT molecular complexity index is 203. The molecule has 0 aliphatic carbocycles. The summed E-state index contributed by atoms with van der Waals surface area (Å²) in [6.45, 7) is 13.0. The van der Waals surface area contributed by atoms with Crippen molar-refractivity contribution in [2.24, 2.45) is 0 Å². The van der Waals surface area contributed by atoms with Crippen molar-refractivity contribution >= 4 is 19.7 Å². The molecule has 0 atom stereocenters. The highest BCUT2D eigenvalue weighted by molar-refractivity contribution is 7.10. The molecule has 0 unspecified atom stereocenters. The second kappa shape index (κ2) is 8.10. The first-order valence-electron chi connectivity index (χ1n) is 5.20. The van der Waals surface area contributed by atoms with Gasteiger partial charge in [-0.15, -0.1) is 11.3 Å². The van der Waals surface area contributed by atoms with E-state index >= 15 is 0 Å². The molecule has 3 radical (unpaired) electrons. The molecule has 2 heteroatoms. The van der Waals surface area contributed by atoms with E-state index in [1.54, 1.807) is 4.88 Å². The monoisotopic (exact) mass is 209 g/mol. The minimum Gasteiger partial charge on any atom is -0.148 e. The molecule has 0 N–H and O–H groups in total. The first-order chi connectivity index (χ1) is 6.13. The van der Waals surface area contributed by atoms with Crippen molar-refractivity contribution in [3.8, 4) is 0 Å². The molecular formula is C12H22BS. The van der Waals surface area contributed by atoms with Crippen molar-refractivity contribution in [1.82, 2.24) is 0 Å². The average Bonchev–Trinajstić information content (AvgIpc) is 2.55. The summed E-state index contributed by atoms with van der Waals surface area (Å²) in [7, 11) is 0. The molecular weight excluding hydrogens is 187 g/mol. The lowest BCUT2D eigenvalue weighted by Crippen LogP contribution is -1.91. The predicted molar refractivity (Wildman–Crippen MR) is 69.6 cm³/mol. The van der Waals surface area contributed by atoms with Gasteiger partial charge in [-0.2, -0.15) is 0 Å². The molecule has 0 saturated carbocycles. The van der Waals surface area contributed by atoms with Crippen LogP contribution in [0.5, 0.6) is 0 Å². The minimum atomic E-state index is 0. The smallest absolute Gasteiger partial charge is 0.0105 e. The Morgan fingerprint density at radius 3 is 1.79 bits per heavy atom. The third kappa shape index (κ3) is 4.32. The molecule has 0 aliphatic heterocycles. The van der Waals surface area contributed by atoms with Gasteiger partial charge in [0, 0.05) is 13.3 Å². The molecule has 1 rings (SSSR count). The summed E-state index contributed by atoms with van der Waals surface area (Å²) in [5.41, 5.74) is 1.53. The molecule has 0 aromatic carbocycles. The maximum atomic E-state index is 2.26. The summed E-state index contributed by atoms with van der Waals surface area (Å²) >= 11 is 1.89. The van der Waals surface area contributed by atoms with Crippen LogP contribution in [-0.2, 0) is 0 Å². The zero-order valence-electron chi connectivity index (χ0n) is 10.3. The molecule has 1 heterocycles. The Kier molecular flexibility index (Phi) is 9.38. The van der Waals surface area contributed by atoms with Crippen LogP contribution in [0.25, 0.3) is 0 Å². The minimum absolute atomic E-state index is 0. The van der Waals surface area contributed by atoms with Crippen LogP contribution in [0, 0.1) is 0 Å². The quantitative estimate of drug-likeness (QED) is 0.622. The molecule has 0 nitrogen and oxygen atoms in total. The zero-order valence-corrected chi connectivity index (χ0v) is 11.1. The van der Waals surface area contributed by atoms with Crippen molar-refractivity contribution in [2.45, 2.75) is 53.4 Å². The largest absolute Gasteiger partial charge is 0.148 e. The lowest BCUT2D eigenvalue weighted by Gasteiger charge is -2.08. The molecule has 0 amide bonds. The van der Waals surface area contributed by atoms with Crippen LogP contribution in [0.1, 0.15) is 63.8 Å². The molecule has 14 heavy (non-hydrogen) atoms. The molecule has 0 spiro atoms. The van der Waals surface area contributed by atoms with Gasteiger partial charge in [0.15, 0.2) is 0 Å². The number of hydrogen-bond donors (Lipinski definition) is 0. The van der Waals surface area contributed by atoms with E-state index in [4.69, 9.17) is 0 Å². The van der Waals surface area contributed by atoms with Crippen molar-refractivity contribution < 1.29 is 0 Å². The fraction of sp³-hybridized carbons (Fsp3) is 0.667. The summed E-state index contributed by atoms with van der Waals surface area (Å²) in [4.78, 5) is 1.56. The first kappa shape index (κ1) is 16.2. The molecule has 0 aliphatic rings. The maximum Gasteiger partial charge on any atom is 0.0105 e. The summed E-state index contributed by atoms with van der Waals surface area (Å²) in [6.07, 6.45) is 0. The number of thiophene rings is 1. The summed E-state index contributed by atoms with van der Waals surface area (Å²) in [5.74, 6) is 1.37. The molecule has 0 bridgehead atoms. The van der Waals surface area contributed by atoms with Gasteiger partial charge in [0.25, 0.3) is 0 Å². The van der Waals surface area contributed by atoms with Gasteiger partial charge >= 0.3 is 0 Å². The Morgan fingerprint density at radius 2 is 1.50 bits per heavy atom. The Hall–Kier alpha value is -0.235. The normalized spacial score (nSPS) is 9.43. The van der Waals surface area contributed by atoms with Gasteiger partial charge in [0.1, 0.15) is 0 Å². The third-order valence-corrected chi connectivity index (χ3v) is 3.11. The van der Waals surface area contributed by atoms with E-state index in [9.17, 15) is 0 Å². The molecule has 0 saturated heterocycles. The SMILES string of the molecule is CC.CC(C)c1ccsc1C(C)C.[B]. The van der Waals surface area contributed by atoms with E-state index in [0.29, 0.717) is 11.8 Å². The van der Waals surface area contributed by atoms with E-state index in [1.165, 1.54) is 5.56 Å². The van der Waals surface area contributed by atoms with E-state index in [2.05, 4.69) is 39.1 Å². The predicted octanol–water partition coefficient (Wildman–Crippen LogP) is 4.64. The lowest BCUT2D eigenvalue weighted by molar-refractivity contribution is 0.810. The standard InChI is InChI=1S/C10H16S.C2H6.B/c1-7(2)9-5-6-11-10(9)8(3)4;1-2;/h5-8H,1-4H3;1-2H3;. The van der Waals surface area contributed by atoms with Crippen LogP contribution in [0.15, 0.2) is 11.4 Å². The van der Waals surface area contributed by atoms with Crippen LogP contribution in [0.3, 0.4) is 0 Å². The molecule has 1 aromatic heterocycles. The molecule has 79 valence electrons. The number of rotatable bonds is 2. The topological polar surface area (TPSA) is 0 Å². The highest BCUT2D eigenvalue weighted by atomic mass is 32.1. The number of hydrogen-bond acceptors (Lipinski definition) is 1. The second-order valence-electron chi connectivity index (χ2n) is 3.55. The van der Waals surface area contributed by atoms with Gasteiger partial charge in [0.2, 0.25) is 0 Å². The van der Waals surface area contributed by atoms with Gasteiger partial charge in [-0.1, -0.05) is 41.5 Å². The average molecular weight is 209 g/mol. The maximum absolute atomic E-state index is 2.26. The zero-order chi connectivity index (χ0) is 10.4. The van der Waals surface area contributed by atoms with E-state index in [-0.39, 0.29) is 8.41 Å². The molecule has 1 aromatic rings. The Labute approximate surface area is 95.3 Å². The van der Waals surface area contributed by atoms with Crippen LogP contribution in [-0.4, -0.2) is 8.41 Å². The molecule has 0 fully saturated rings. The Balaban J connectivity index is 0. The second-order valence-corrected chi connectivity index (χ2v) is 4.50. The van der Waals surface area contributed by atoms with Gasteiger partial charge in [-0.05, 0) is 28.8 Å². The van der Waals surface area contributed by atoms with E-state index in [1.807, 2.05) is 25.2 Å². The van der Waals surface area contributed by atoms with Crippen molar-refractivity contribution in [3.63, 3.8) is 0 Å². The van der Waals surface area contributed by atoms with Gasteiger partial charge in [-0.3, -0.25) is 0 Å². The summed E-state index contributed by atoms with van der Waals surface area (Å²) < 4.78 is 0. The van der Waals surface area contributed by atoms with Crippen LogP contribution < -0.4 is 0 Å². The van der Waals surface area contributed by atoms with Crippen LogP contribution in [0.4, 0.5) is 0 Å². The van der Waals surface area contributed by atoms with E-state index < -0.39 is 0 Å². The summed E-state index contributed by atoms with van der Waals surface area (Å²) in [6, 6.07) is 2.25. The fourth-order valence-electron chi connectivity index (χ4n) is 1.28. The third-order valence-electron chi connectivity index (χ3n) is 1.87. The van der Waals surface area contributed by atoms with Gasteiger partial charge < -0.3 is 0 Å². The van der Waals surface area contributed by atoms with Gasteiger partial charge in [0.05, 0.1) is 0 Å². The van der Waals surface area contributed by atoms with Crippen LogP contribution in [0.2, 0.25) is 0 Å². The van der Waals surface area contributed by atoms with Gasteiger partial charge in [-0.25, -0.2) is 0 Å². The lowest BCUT2D eigenvalue weighted by atomic mass is 9.99. The van der Waals surface area contributed by atoms with Crippen LogP contribution >= 0.6 is 11.3 Å². The Morgan fingerprint density at radius 1 is 1.00 bits per heavy atom. The summed E-state index contributed by atoms with van der Waals surface area (Å²) in [5, 5.41) is 2.20.